The van der Waals surface area contributed by atoms with Gasteiger partial charge in [0.1, 0.15) is 0 Å². The predicted octanol–water partition coefficient (Wildman–Crippen LogP) is 2.51. The zero-order valence-corrected chi connectivity index (χ0v) is 21.8. The van der Waals surface area contributed by atoms with Gasteiger partial charge in [0.15, 0.2) is 17.5 Å². The van der Waals surface area contributed by atoms with E-state index in [9.17, 15) is 4.79 Å². The molecule has 1 heterocycles. The summed E-state index contributed by atoms with van der Waals surface area (Å²) in [6.07, 6.45) is 6.89. The van der Waals surface area contributed by atoms with Crippen molar-refractivity contribution >= 4 is 35.8 Å². The molecule has 0 atom stereocenters. The minimum absolute atomic E-state index is 0. The molecule has 0 spiro atoms. The smallest absolute Gasteiger partial charge is 0.233 e. The number of para-hydroxylation sites is 1. The van der Waals surface area contributed by atoms with Crippen molar-refractivity contribution < 1.29 is 14.3 Å². The number of carbonyl (C=O) groups excluding carboxylic acids is 1. The Bertz CT molecular complexity index is 747. The second-order valence-corrected chi connectivity index (χ2v) is 8.27. The molecule has 8 nitrogen and oxygen atoms in total. The van der Waals surface area contributed by atoms with Gasteiger partial charge in [-0.25, -0.2) is 0 Å². The van der Waals surface area contributed by atoms with Crippen LogP contribution in [-0.2, 0) is 11.3 Å². The van der Waals surface area contributed by atoms with Crippen molar-refractivity contribution in [2.24, 2.45) is 4.99 Å². The van der Waals surface area contributed by atoms with E-state index in [2.05, 4.69) is 31.9 Å². The first-order valence-electron chi connectivity index (χ1n) is 11.4. The number of ether oxygens (including phenoxy) is 2. The molecule has 0 bridgehead atoms. The maximum atomic E-state index is 11.6. The molecule has 2 fully saturated rings. The number of likely N-dealkylation sites (tertiary alicyclic amines) is 1. The summed E-state index contributed by atoms with van der Waals surface area (Å²) < 4.78 is 11.9. The molecule has 1 aliphatic heterocycles. The van der Waals surface area contributed by atoms with Crippen LogP contribution < -0.4 is 25.4 Å². The van der Waals surface area contributed by atoms with Crippen LogP contribution in [0.4, 0.5) is 0 Å². The fraction of sp³-hybridized carbons (Fsp3) is 0.652. The van der Waals surface area contributed by atoms with E-state index in [1.807, 2.05) is 12.1 Å². The first kappa shape index (κ1) is 26.5. The summed E-state index contributed by atoms with van der Waals surface area (Å²) in [5.74, 6) is 2.46. The van der Waals surface area contributed by atoms with Crippen molar-refractivity contribution in [1.29, 1.82) is 0 Å². The van der Waals surface area contributed by atoms with E-state index in [0.29, 0.717) is 19.1 Å². The molecule has 1 amide bonds. The number of guanidine groups is 1. The van der Waals surface area contributed by atoms with E-state index in [0.717, 1.165) is 61.8 Å². The van der Waals surface area contributed by atoms with Crippen molar-refractivity contribution in [2.45, 2.75) is 57.2 Å². The normalized spacial score (nSPS) is 18.0. The number of nitrogens with one attached hydrogen (secondary N) is 3. The minimum Gasteiger partial charge on any atom is -0.493 e. The highest BCUT2D eigenvalue weighted by Gasteiger charge is 2.22. The van der Waals surface area contributed by atoms with E-state index in [4.69, 9.17) is 9.47 Å². The number of methoxy groups -OCH3 is 1. The molecule has 180 valence electrons. The maximum Gasteiger partial charge on any atom is 0.233 e. The SMILES string of the molecule is CN=C(NCc1cccc(OC)c1OC1CCCC1)NC1CCN(CC(=O)NC)CC1.I. The van der Waals surface area contributed by atoms with E-state index < -0.39 is 0 Å². The minimum atomic E-state index is 0. The molecule has 1 aromatic carbocycles. The summed E-state index contributed by atoms with van der Waals surface area (Å²) in [5, 5.41) is 9.64. The summed E-state index contributed by atoms with van der Waals surface area (Å²) in [4.78, 5) is 18.2. The fourth-order valence-electron chi connectivity index (χ4n) is 4.25. The highest BCUT2D eigenvalue weighted by Crippen LogP contribution is 2.34. The number of halogens is 1. The molecule has 1 saturated heterocycles. The highest BCUT2D eigenvalue weighted by molar-refractivity contribution is 14.0. The van der Waals surface area contributed by atoms with Gasteiger partial charge in [0, 0.05) is 45.3 Å². The van der Waals surface area contributed by atoms with E-state index in [1.54, 1.807) is 21.2 Å². The lowest BCUT2D eigenvalue weighted by molar-refractivity contribution is -0.122. The summed E-state index contributed by atoms with van der Waals surface area (Å²) >= 11 is 0. The molecule has 0 aromatic heterocycles. The number of amides is 1. The third kappa shape index (κ3) is 7.68. The van der Waals surface area contributed by atoms with Crippen molar-refractivity contribution in [2.75, 3.05) is 40.8 Å². The Kier molecular flexibility index (Phi) is 11.4. The van der Waals surface area contributed by atoms with Gasteiger partial charge >= 0.3 is 0 Å². The van der Waals surface area contributed by atoms with Crippen LogP contribution in [0.3, 0.4) is 0 Å². The predicted molar refractivity (Wildman–Crippen MR) is 138 cm³/mol. The number of carbonyl (C=O) groups is 1. The Morgan fingerprint density at radius 2 is 1.91 bits per heavy atom. The van der Waals surface area contributed by atoms with Crippen LogP contribution in [-0.4, -0.2) is 69.8 Å². The van der Waals surface area contributed by atoms with Crippen LogP contribution in [0.25, 0.3) is 0 Å². The van der Waals surface area contributed by atoms with Crippen molar-refractivity contribution in [3.8, 4) is 11.5 Å². The summed E-state index contributed by atoms with van der Waals surface area (Å²) in [6.45, 7) is 2.87. The first-order valence-corrected chi connectivity index (χ1v) is 11.4. The van der Waals surface area contributed by atoms with Gasteiger partial charge in [-0.2, -0.15) is 0 Å². The van der Waals surface area contributed by atoms with Crippen LogP contribution in [0.1, 0.15) is 44.1 Å². The molecule has 3 N–H and O–H groups in total. The molecule has 3 rings (SSSR count). The molecular weight excluding hydrogens is 521 g/mol. The van der Waals surface area contributed by atoms with Crippen LogP contribution in [0.15, 0.2) is 23.2 Å². The molecule has 1 saturated carbocycles. The molecule has 9 heteroatoms. The van der Waals surface area contributed by atoms with Gasteiger partial charge in [0.25, 0.3) is 0 Å². The van der Waals surface area contributed by atoms with Gasteiger partial charge in [0.05, 0.1) is 19.8 Å². The summed E-state index contributed by atoms with van der Waals surface area (Å²) in [5.41, 5.74) is 1.06. The van der Waals surface area contributed by atoms with E-state index in [-0.39, 0.29) is 36.0 Å². The third-order valence-electron chi connectivity index (χ3n) is 6.11. The lowest BCUT2D eigenvalue weighted by Crippen LogP contribution is -2.49. The monoisotopic (exact) mass is 559 g/mol. The second kappa shape index (κ2) is 13.7. The molecule has 2 aliphatic rings. The van der Waals surface area contributed by atoms with Crippen molar-refractivity contribution in [1.82, 2.24) is 20.9 Å². The number of rotatable bonds is 8. The van der Waals surface area contributed by atoms with Gasteiger partial charge in [-0.05, 0) is 44.6 Å². The molecular formula is C23H38IN5O3. The van der Waals surface area contributed by atoms with Crippen molar-refractivity contribution in [3.05, 3.63) is 23.8 Å². The Balaban J connectivity index is 0.00000363. The number of piperidine rings is 1. The average molecular weight is 559 g/mol. The Hall–Kier alpha value is -1.75. The molecule has 0 radical (unpaired) electrons. The number of aliphatic imine (C=N–C) groups is 1. The molecule has 1 aliphatic carbocycles. The van der Waals surface area contributed by atoms with Gasteiger partial charge < -0.3 is 25.4 Å². The van der Waals surface area contributed by atoms with E-state index >= 15 is 0 Å². The molecule has 1 aromatic rings. The molecule has 32 heavy (non-hydrogen) atoms. The van der Waals surface area contributed by atoms with Crippen LogP contribution >= 0.6 is 24.0 Å². The summed E-state index contributed by atoms with van der Waals surface area (Å²) in [6, 6.07) is 6.36. The number of likely N-dealkylation sites (N-methyl/N-ethyl adjacent to an activating group) is 1. The molecule has 0 unspecified atom stereocenters. The maximum absolute atomic E-state index is 11.6. The van der Waals surface area contributed by atoms with Crippen LogP contribution in [0.2, 0.25) is 0 Å². The largest absolute Gasteiger partial charge is 0.493 e. The van der Waals surface area contributed by atoms with Gasteiger partial charge in [-0.1, -0.05) is 12.1 Å². The first-order chi connectivity index (χ1) is 15.1. The van der Waals surface area contributed by atoms with Gasteiger partial charge in [0.2, 0.25) is 5.91 Å². The number of hydrogen-bond donors (Lipinski definition) is 3. The lowest BCUT2D eigenvalue weighted by atomic mass is 10.1. The average Bonchev–Trinajstić information content (AvgIpc) is 3.31. The number of nitrogens with zero attached hydrogens (tertiary/aromatic N) is 2. The van der Waals surface area contributed by atoms with Crippen LogP contribution in [0, 0.1) is 0 Å². The zero-order chi connectivity index (χ0) is 22.1. The summed E-state index contributed by atoms with van der Waals surface area (Å²) in [7, 11) is 5.15. The highest BCUT2D eigenvalue weighted by atomic mass is 127. The topological polar surface area (TPSA) is 87.2 Å². The van der Waals surface area contributed by atoms with Gasteiger partial charge in [-0.15, -0.1) is 24.0 Å². The second-order valence-electron chi connectivity index (χ2n) is 8.27. The Labute approximate surface area is 208 Å². The van der Waals surface area contributed by atoms with E-state index in [1.165, 1.54) is 12.8 Å². The van der Waals surface area contributed by atoms with Crippen molar-refractivity contribution in [3.63, 3.8) is 0 Å². The third-order valence-corrected chi connectivity index (χ3v) is 6.11. The fourth-order valence-corrected chi connectivity index (χ4v) is 4.25. The van der Waals surface area contributed by atoms with Crippen LogP contribution in [0.5, 0.6) is 11.5 Å². The zero-order valence-electron chi connectivity index (χ0n) is 19.5. The number of hydrogen-bond acceptors (Lipinski definition) is 5. The lowest BCUT2D eigenvalue weighted by Gasteiger charge is -2.32. The standard InChI is InChI=1S/C23H37N5O3.HI/c1-24-21(29)16-28-13-11-18(12-14-28)27-23(25-2)26-15-17-7-6-10-20(30-3)22(17)31-19-8-4-5-9-19;/h6-7,10,18-19H,4-5,8-9,11-16H2,1-3H3,(H,24,29)(H2,25,26,27);1H. The Morgan fingerprint density at radius 1 is 1.19 bits per heavy atom. The number of benzene rings is 1. The quantitative estimate of drug-likeness (QED) is 0.258. The Morgan fingerprint density at radius 3 is 2.53 bits per heavy atom. The van der Waals surface area contributed by atoms with Gasteiger partial charge in [-0.3, -0.25) is 14.7 Å².